The molecule has 1 aromatic rings. The first-order valence-electron chi connectivity index (χ1n) is 5.97. The third-order valence-corrected chi connectivity index (χ3v) is 5.80. The Labute approximate surface area is 127 Å². The number of carbonyl (C=O) groups is 1. The Morgan fingerprint density at radius 2 is 2.10 bits per heavy atom. The van der Waals surface area contributed by atoms with E-state index >= 15 is 0 Å². The van der Waals surface area contributed by atoms with E-state index in [1.54, 1.807) is 0 Å². The van der Waals surface area contributed by atoms with Crippen LogP contribution in [0, 0.1) is 5.92 Å². The van der Waals surface area contributed by atoms with Gasteiger partial charge in [-0.05, 0) is 30.5 Å². The number of halogens is 2. The van der Waals surface area contributed by atoms with Crippen molar-refractivity contribution >= 4 is 39.2 Å². The molecule has 0 bridgehead atoms. The van der Waals surface area contributed by atoms with E-state index in [0.717, 1.165) is 0 Å². The Bertz CT molecular complexity index is 632. The summed E-state index contributed by atoms with van der Waals surface area (Å²) < 4.78 is 26.2. The van der Waals surface area contributed by atoms with Crippen molar-refractivity contribution in [2.24, 2.45) is 5.92 Å². The van der Waals surface area contributed by atoms with Crippen LogP contribution in [0.3, 0.4) is 0 Å². The van der Waals surface area contributed by atoms with Crippen LogP contribution in [-0.2, 0) is 14.8 Å². The fraction of sp³-hybridized carbons (Fsp3) is 0.417. The maximum atomic E-state index is 12.5. The molecule has 1 saturated heterocycles. The molecule has 0 aromatic heterocycles. The first-order chi connectivity index (χ1) is 9.30. The molecule has 1 atom stereocenters. The third-order valence-electron chi connectivity index (χ3n) is 3.22. The molecule has 5 nitrogen and oxygen atoms in total. The molecule has 0 saturated carbocycles. The van der Waals surface area contributed by atoms with E-state index in [-0.39, 0.29) is 33.8 Å². The molecule has 2 rings (SSSR count). The number of aliphatic carboxylic acids is 1. The maximum absolute atomic E-state index is 12.5. The number of carboxylic acids is 1. The number of hydrogen-bond acceptors (Lipinski definition) is 3. The number of carboxylic acid groups (broad SMARTS) is 1. The number of benzene rings is 1. The summed E-state index contributed by atoms with van der Waals surface area (Å²) in [4.78, 5) is 10.6. The minimum absolute atomic E-state index is 0.0324. The van der Waals surface area contributed by atoms with Gasteiger partial charge in [-0.1, -0.05) is 23.2 Å². The van der Waals surface area contributed by atoms with E-state index in [4.69, 9.17) is 28.3 Å². The van der Waals surface area contributed by atoms with E-state index in [1.165, 1.54) is 22.5 Å². The zero-order chi connectivity index (χ0) is 14.9. The van der Waals surface area contributed by atoms with Gasteiger partial charge in [0, 0.05) is 24.5 Å². The van der Waals surface area contributed by atoms with Crippen molar-refractivity contribution in [1.82, 2.24) is 4.31 Å². The SMILES string of the molecule is O=C(O)CC1CCN(S(=O)(=O)c2cc(Cl)ccc2Cl)C1. The highest BCUT2D eigenvalue weighted by atomic mass is 35.5. The third kappa shape index (κ3) is 3.25. The Balaban J connectivity index is 2.24. The van der Waals surface area contributed by atoms with E-state index < -0.39 is 16.0 Å². The van der Waals surface area contributed by atoms with E-state index in [1.807, 2.05) is 0 Å². The summed E-state index contributed by atoms with van der Waals surface area (Å²) >= 11 is 11.7. The standard InChI is InChI=1S/C12H13Cl2NO4S/c13-9-1-2-10(14)11(6-9)20(18,19)15-4-3-8(7-15)5-12(16)17/h1-2,6,8H,3-5,7H2,(H,16,17). The fourth-order valence-electron chi connectivity index (χ4n) is 2.24. The summed E-state index contributed by atoms with van der Waals surface area (Å²) in [5.41, 5.74) is 0. The lowest BCUT2D eigenvalue weighted by Crippen LogP contribution is -2.29. The molecule has 0 radical (unpaired) electrons. The highest BCUT2D eigenvalue weighted by Crippen LogP contribution is 2.31. The Morgan fingerprint density at radius 3 is 2.75 bits per heavy atom. The predicted octanol–water partition coefficient (Wildman–Crippen LogP) is 2.48. The second kappa shape index (κ2) is 5.89. The molecule has 1 aromatic carbocycles. The van der Waals surface area contributed by atoms with Crippen LogP contribution in [0.1, 0.15) is 12.8 Å². The second-order valence-electron chi connectivity index (χ2n) is 4.69. The van der Waals surface area contributed by atoms with E-state index in [2.05, 4.69) is 0 Å². The van der Waals surface area contributed by atoms with Crippen molar-refractivity contribution in [3.8, 4) is 0 Å². The summed E-state index contributed by atoms with van der Waals surface area (Å²) in [6.07, 6.45) is 0.499. The maximum Gasteiger partial charge on any atom is 0.303 e. The molecule has 1 aliphatic rings. The molecule has 0 aliphatic carbocycles. The summed E-state index contributed by atoms with van der Waals surface area (Å²) in [5, 5.41) is 9.15. The first kappa shape index (κ1) is 15.6. The van der Waals surface area contributed by atoms with Crippen LogP contribution < -0.4 is 0 Å². The van der Waals surface area contributed by atoms with Gasteiger partial charge in [0.15, 0.2) is 0 Å². The van der Waals surface area contributed by atoms with Crippen LogP contribution in [0.15, 0.2) is 23.1 Å². The van der Waals surface area contributed by atoms with Crippen LogP contribution in [0.5, 0.6) is 0 Å². The summed E-state index contributed by atoms with van der Waals surface area (Å²) in [5.74, 6) is -1.09. The monoisotopic (exact) mass is 337 g/mol. The molecule has 1 fully saturated rings. The van der Waals surface area contributed by atoms with Crippen molar-refractivity contribution in [2.45, 2.75) is 17.7 Å². The average molecular weight is 338 g/mol. The fourth-order valence-corrected chi connectivity index (χ4v) is 4.51. The molecular formula is C12H13Cl2NO4S. The van der Waals surface area contributed by atoms with Crippen LogP contribution in [0.25, 0.3) is 0 Å². The van der Waals surface area contributed by atoms with Crippen LogP contribution in [0.2, 0.25) is 10.0 Å². The topological polar surface area (TPSA) is 74.7 Å². The van der Waals surface area contributed by atoms with E-state index in [0.29, 0.717) is 13.0 Å². The minimum Gasteiger partial charge on any atom is -0.481 e. The van der Waals surface area contributed by atoms with Crippen molar-refractivity contribution in [3.05, 3.63) is 28.2 Å². The molecular weight excluding hydrogens is 325 g/mol. The summed E-state index contributed by atoms with van der Waals surface area (Å²) in [6, 6.07) is 4.26. The van der Waals surface area contributed by atoms with Gasteiger partial charge in [-0.15, -0.1) is 0 Å². The molecule has 0 spiro atoms. The van der Waals surface area contributed by atoms with Crippen LogP contribution in [-0.4, -0.2) is 36.9 Å². The van der Waals surface area contributed by atoms with Gasteiger partial charge in [0.1, 0.15) is 4.90 Å². The molecule has 110 valence electrons. The van der Waals surface area contributed by atoms with Crippen molar-refractivity contribution in [3.63, 3.8) is 0 Å². The van der Waals surface area contributed by atoms with Crippen LogP contribution >= 0.6 is 23.2 Å². The number of sulfonamides is 1. The van der Waals surface area contributed by atoms with Crippen molar-refractivity contribution < 1.29 is 18.3 Å². The lowest BCUT2D eigenvalue weighted by molar-refractivity contribution is -0.137. The van der Waals surface area contributed by atoms with Crippen LogP contribution in [0.4, 0.5) is 0 Å². The largest absolute Gasteiger partial charge is 0.481 e. The zero-order valence-corrected chi connectivity index (χ0v) is 12.7. The zero-order valence-electron chi connectivity index (χ0n) is 10.4. The minimum atomic E-state index is -3.74. The van der Waals surface area contributed by atoms with Crippen molar-refractivity contribution in [2.75, 3.05) is 13.1 Å². The normalized spacial score (nSPS) is 20.2. The molecule has 1 unspecified atom stereocenters. The van der Waals surface area contributed by atoms with Gasteiger partial charge < -0.3 is 5.11 Å². The lowest BCUT2D eigenvalue weighted by Gasteiger charge is -2.17. The number of rotatable bonds is 4. The highest BCUT2D eigenvalue weighted by Gasteiger charge is 2.34. The highest BCUT2D eigenvalue weighted by molar-refractivity contribution is 7.89. The van der Waals surface area contributed by atoms with Gasteiger partial charge in [0.25, 0.3) is 0 Å². The predicted molar refractivity (Wildman–Crippen MR) is 75.6 cm³/mol. The van der Waals surface area contributed by atoms with Gasteiger partial charge in [0.2, 0.25) is 10.0 Å². The Kier molecular flexibility index (Phi) is 4.59. The van der Waals surface area contributed by atoms with Gasteiger partial charge in [-0.2, -0.15) is 4.31 Å². The second-order valence-corrected chi connectivity index (χ2v) is 7.44. The number of hydrogen-bond donors (Lipinski definition) is 1. The molecule has 1 heterocycles. The van der Waals surface area contributed by atoms with Gasteiger partial charge in [-0.3, -0.25) is 4.79 Å². The molecule has 8 heteroatoms. The molecule has 1 aliphatic heterocycles. The average Bonchev–Trinajstić information content (AvgIpc) is 2.80. The van der Waals surface area contributed by atoms with Crippen molar-refractivity contribution in [1.29, 1.82) is 0 Å². The van der Waals surface area contributed by atoms with Gasteiger partial charge in [0.05, 0.1) is 5.02 Å². The van der Waals surface area contributed by atoms with Gasteiger partial charge >= 0.3 is 5.97 Å². The smallest absolute Gasteiger partial charge is 0.303 e. The summed E-state index contributed by atoms with van der Waals surface area (Å²) in [7, 11) is -3.74. The Hall–Kier alpha value is -0.820. The molecule has 0 amide bonds. The first-order valence-corrected chi connectivity index (χ1v) is 8.17. The van der Waals surface area contributed by atoms with Gasteiger partial charge in [-0.25, -0.2) is 8.42 Å². The molecule has 1 N–H and O–H groups in total. The molecule has 20 heavy (non-hydrogen) atoms. The number of nitrogens with zero attached hydrogens (tertiary/aromatic N) is 1. The lowest BCUT2D eigenvalue weighted by atomic mass is 10.1. The van der Waals surface area contributed by atoms with E-state index in [9.17, 15) is 13.2 Å². The quantitative estimate of drug-likeness (QED) is 0.915. The summed E-state index contributed by atoms with van der Waals surface area (Å²) in [6.45, 7) is 0.487. The Morgan fingerprint density at radius 1 is 1.40 bits per heavy atom.